The summed E-state index contributed by atoms with van der Waals surface area (Å²) in [5.74, 6) is -0.834. The van der Waals surface area contributed by atoms with E-state index in [-0.39, 0.29) is 35.5 Å². The maximum absolute atomic E-state index is 13.9. The quantitative estimate of drug-likeness (QED) is 0.569. The zero-order chi connectivity index (χ0) is 22.6. The van der Waals surface area contributed by atoms with Gasteiger partial charge in [-0.3, -0.25) is 4.79 Å². The maximum Gasteiger partial charge on any atom is 0.279 e. The molecule has 2 heterocycles. The number of thiazole rings is 1. The second-order valence-corrected chi connectivity index (χ2v) is 9.97. The first-order valence-corrected chi connectivity index (χ1v) is 12.5. The molecular weight excluding hydrogens is 453 g/mol. The molecule has 1 aliphatic rings. The van der Waals surface area contributed by atoms with Crippen LogP contribution in [0.2, 0.25) is 0 Å². The lowest BCUT2D eigenvalue weighted by Crippen LogP contribution is -2.31. The Morgan fingerprint density at radius 2 is 2.00 bits per heavy atom. The number of hydrogen-bond donors (Lipinski definition) is 1. The molecule has 1 aromatic heterocycles. The average Bonchev–Trinajstić information content (AvgIpc) is 3.46. The van der Waals surface area contributed by atoms with Crippen molar-refractivity contribution in [2.45, 2.75) is 30.4 Å². The van der Waals surface area contributed by atoms with Gasteiger partial charge in [-0.2, -0.15) is 4.99 Å². The first kappa shape index (κ1) is 22.5. The highest BCUT2D eigenvalue weighted by Gasteiger charge is 2.20. The van der Waals surface area contributed by atoms with Crippen molar-refractivity contribution in [1.82, 2.24) is 9.29 Å². The summed E-state index contributed by atoms with van der Waals surface area (Å²) in [7, 11) is -3.70. The van der Waals surface area contributed by atoms with Crippen LogP contribution in [0.15, 0.2) is 70.0 Å². The highest BCUT2D eigenvalue weighted by Crippen LogP contribution is 2.15. The fourth-order valence-electron chi connectivity index (χ4n) is 3.34. The molecule has 1 amide bonds. The van der Waals surface area contributed by atoms with Gasteiger partial charge in [-0.05, 0) is 43.2 Å². The van der Waals surface area contributed by atoms with Crippen molar-refractivity contribution in [2.75, 3.05) is 13.2 Å². The van der Waals surface area contributed by atoms with E-state index in [1.54, 1.807) is 34.3 Å². The van der Waals surface area contributed by atoms with Crippen LogP contribution in [0.1, 0.15) is 28.8 Å². The molecule has 10 heteroatoms. The maximum atomic E-state index is 13.9. The molecule has 168 valence electrons. The number of hydrogen-bond acceptors (Lipinski definition) is 5. The van der Waals surface area contributed by atoms with Gasteiger partial charge in [0.2, 0.25) is 10.0 Å². The minimum atomic E-state index is -3.70. The highest BCUT2D eigenvalue weighted by molar-refractivity contribution is 7.89. The SMILES string of the molecule is O=C(N=c1sccn1Cc1ccccc1F)c1ccc(S(=O)(=O)NCC2CCCO2)cc1. The molecule has 0 aliphatic carbocycles. The van der Waals surface area contributed by atoms with E-state index in [4.69, 9.17) is 4.74 Å². The molecule has 1 N–H and O–H groups in total. The summed E-state index contributed by atoms with van der Waals surface area (Å²) in [4.78, 5) is 17.2. The van der Waals surface area contributed by atoms with E-state index >= 15 is 0 Å². The zero-order valence-electron chi connectivity index (χ0n) is 17.1. The van der Waals surface area contributed by atoms with Gasteiger partial charge >= 0.3 is 0 Å². The fourth-order valence-corrected chi connectivity index (χ4v) is 5.13. The second kappa shape index (κ2) is 9.86. The van der Waals surface area contributed by atoms with Crippen molar-refractivity contribution in [3.63, 3.8) is 0 Å². The van der Waals surface area contributed by atoms with Crippen LogP contribution in [0.25, 0.3) is 0 Å². The number of amides is 1. The molecule has 2 aromatic carbocycles. The van der Waals surface area contributed by atoms with Gasteiger partial charge in [-0.25, -0.2) is 17.5 Å². The molecule has 3 aromatic rings. The van der Waals surface area contributed by atoms with E-state index in [0.29, 0.717) is 17.0 Å². The normalized spacial score (nSPS) is 17.0. The van der Waals surface area contributed by atoms with Crippen molar-refractivity contribution < 1.29 is 22.3 Å². The topological polar surface area (TPSA) is 89.8 Å². The number of sulfonamides is 1. The van der Waals surface area contributed by atoms with E-state index in [9.17, 15) is 17.6 Å². The Kier molecular flexibility index (Phi) is 6.95. The number of benzene rings is 2. The number of carbonyl (C=O) groups excluding carboxylic acids is 1. The van der Waals surface area contributed by atoms with E-state index in [2.05, 4.69) is 9.71 Å². The molecule has 1 unspecified atom stereocenters. The van der Waals surface area contributed by atoms with E-state index in [1.807, 2.05) is 0 Å². The minimum absolute atomic E-state index is 0.0674. The molecule has 0 spiro atoms. The summed E-state index contributed by atoms with van der Waals surface area (Å²) in [6, 6.07) is 12.0. The van der Waals surface area contributed by atoms with Crippen LogP contribution in [0.3, 0.4) is 0 Å². The Hall–Kier alpha value is -2.66. The summed E-state index contributed by atoms with van der Waals surface area (Å²) in [6.45, 7) is 1.12. The lowest BCUT2D eigenvalue weighted by Gasteiger charge is -2.11. The van der Waals surface area contributed by atoms with Gasteiger partial charge in [0.25, 0.3) is 5.91 Å². The first-order chi connectivity index (χ1) is 15.4. The zero-order valence-corrected chi connectivity index (χ0v) is 18.7. The minimum Gasteiger partial charge on any atom is -0.377 e. The third-order valence-electron chi connectivity index (χ3n) is 5.09. The lowest BCUT2D eigenvalue weighted by molar-refractivity contribution is 0.0997. The number of nitrogens with zero attached hydrogens (tertiary/aromatic N) is 2. The van der Waals surface area contributed by atoms with E-state index in [0.717, 1.165) is 12.8 Å². The van der Waals surface area contributed by atoms with Gasteiger partial charge < -0.3 is 9.30 Å². The average molecular weight is 476 g/mol. The van der Waals surface area contributed by atoms with Gasteiger partial charge in [0.1, 0.15) is 5.82 Å². The monoisotopic (exact) mass is 475 g/mol. The predicted octanol–water partition coefficient (Wildman–Crippen LogP) is 2.94. The fraction of sp³-hybridized carbons (Fsp3) is 0.273. The number of rotatable bonds is 7. The van der Waals surface area contributed by atoms with Crippen LogP contribution in [0, 0.1) is 5.82 Å². The number of aromatic nitrogens is 1. The Morgan fingerprint density at radius 3 is 2.72 bits per heavy atom. The van der Waals surface area contributed by atoms with Crippen molar-refractivity contribution in [2.24, 2.45) is 4.99 Å². The number of carbonyl (C=O) groups is 1. The third kappa shape index (κ3) is 5.39. The van der Waals surface area contributed by atoms with Crippen LogP contribution in [0.5, 0.6) is 0 Å². The third-order valence-corrected chi connectivity index (χ3v) is 7.33. The molecule has 1 fully saturated rings. The van der Waals surface area contributed by atoms with Gasteiger partial charge in [0.15, 0.2) is 4.80 Å². The molecule has 1 saturated heterocycles. The van der Waals surface area contributed by atoms with Gasteiger partial charge in [0.05, 0.1) is 17.5 Å². The van der Waals surface area contributed by atoms with E-state index in [1.165, 1.54) is 41.7 Å². The summed E-state index contributed by atoms with van der Waals surface area (Å²) >= 11 is 1.26. The highest BCUT2D eigenvalue weighted by atomic mass is 32.2. The summed E-state index contributed by atoms with van der Waals surface area (Å²) in [5, 5.41) is 1.77. The summed E-state index contributed by atoms with van der Waals surface area (Å²) in [6.07, 6.45) is 3.39. The Balaban J connectivity index is 1.47. The van der Waals surface area contributed by atoms with Crippen LogP contribution >= 0.6 is 11.3 Å². The second-order valence-electron chi connectivity index (χ2n) is 7.33. The van der Waals surface area contributed by atoms with Crippen molar-refractivity contribution >= 4 is 27.3 Å². The van der Waals surface area contributed by atoms with Crippen molar-refractivity contribution in [1.29, 1.82) is 0 Å². The smallest absolute Gasteiger partial charge is 0.279 e. The predicted molar refractivity (Wildman–Crippen MR) is 118 cm³/mol. The van der Waals surface area contributed by atoms with Crippen LogP contribution in [0.4, 0.5) is 4.39 Å². The van der Waals surface area contributed by atoms with Crippen molar-refractivity contribution in [3.05, 3.63) is 81.9 Å². The molecule has 1 aliphatic heterocycles. The molecule has 0 radical (unpaired) electrons. The molecule has 1 atom stereocenters. The number of nitrogens with one attached hydrogen (secondary N) is 1. The molecule has 7 nitrogen and oxygen atoms in total. The Morgan fingerprint density at radius 1 is 1.22 bits per heavy atom. The van der Waals surface area contributed by atoms with Crippen LogP contribution in [-0.4, -0.2) is 38.1 Å². The van der Waals surface area contributed by atoms with E-state index < -0.39 is 15.9 Å². The standard InChI is InChI=1S/C22H22FN3O4S2/c23-20-6-2-1-4-17(20)15-26-11-13-31-22(26)25-21(27)16-7-9-19(10-8-16)32(28,29)24-14-18-5-3-12-30-18/h1-2,4,6-11,13,18,24H,3,5,12,14-15H2. The molecule has 32 heavy (non-hydrogen) atoms. The van der Waals surface area contributed by atoms with Crippen molar-refractivity contribution in [3.8, 4) is 0 Å². The Labute approximate surface area is 189 Å². The van der Waals surface area contributed by atoms with Crippen LogP contribution < -0.4 is 9.52 Å². The summed E-state index contributed by atoms with van der Waals surface area (Å²) in [5.41, 5.74) is 0.749. The summed E-state index contributed by atoms with van der Waals surface area (Å²) < 4.78 is 48.5. The Bertz CT molecular complexity index is 1260. The van der Waals surface area contributed by atoms with Gasteiger partial charge in [-0.1, -0.05) is 18.2 Å². The molecule has 0 bridgehead atoms. The number of ether oxygens (including phenoxy) is 1. The lowest BCUT2D eigenvalue weighted by atomic mass is 10.2. The molecule has 4 rings (SSSR count). The van der Waals surface area contributed by atoms with Gasteiger partial charge in [-0.15, -0.1) is 11.3 Å². The van der Waals surface area contributed by atoms with Gasteiger partial charge in [0, 0.05) is 35.9 Å². The largest absolute Gasteiger partial charge is 0.377 e. The molecule has 0 saturated carbocycles. The van der Waals surface area contributed by atoms with Crippen LogP contribution in [-0.2, 0) is 21.3 Å². The molecular formula is C22H22FN3O4S2. The first-order valence-electron chi connectivity index (χ1n) is 10.1. The number of halogens is 1.